The first kappa shape index (κ1) is 16.9. The highest BCUT2D eigenvalue weighted by molar-refractivity contribution is 5.30. The monoisotopic (exact) mass is 277 g/mol. The van der Waals surface area contributed by atoms with Crippen molar-refractivity contribution in [1.82, 2.24) is 4.90 Å². The van der Waals surface area contributed by atoms with Crippen LogP contribution in [0.1, 0.15) is 23.6 Å². The van der Waals surface area contributed by atoms with Crippen molar-refractivity contribution in [2.75, 3.05) is 26.8 Å². The van der Waals surface area contributed by atoms with Crippen molar-refractivity contribution in [3.05, 3.63) is 47.5 Å². The van der Waals surface area contributed by atoms with Crippen LogP contribution in [0.5, 0.6) is 0 Å². The van der Waals surface area contributed by atoms with Crippen molar-refractivity contribution in [2.45, 2.75) is 32.9 Å². The highest BCUT2D eigenvalue weighted by Gasteiger charge is 2.20. The van der Waals surface area contributed by atoms with E-state index in [1.54, 1.807) is 20.1 Å². The highest BCUT2D eigenvalue weighted by atomic mass is 16.5. The first-order chi connectivity index (χ1) is 9.38. The van der Waals surface area contributed by atoms with Gasteiger partial charge in [0.15, 0.2) is 0 Å². The molecule has 0 radical (unpaired) electrons. The molecule has 0 fully saturated rings. The molecule has 0 aliphatic heterocycles. The Morgan fingerprint density at radius 1 is 1.40 bits per heavy atom. The molecule has 1 atom stereocenters. The Kier molecular flexibility index (Phi) is 6.40. The molecule has 0 bridgehead atoms. The zero-order valence-electron chi connectivity index (χ0n) is 13.1. The quantitative estimate of drug-likeness (QED) is 0.742. The van der Waals surface area contributed by atoms with E-state index in [2.05, 4.69) is 43.5 Å². The number of benzene rings is 1. The number of nitrogens with zero attached hydrogens (tertiary/aromatic N) is 1. The second-order valence-corrected chi connectivity index (χ2v) is 5.69. The van der Waals surface area contributed by atoms with Gasteiger partial charge in [0, 0.05) is 26.7 Å². The molecule has 0 saturated heterocycles. The largest absolute Gasteiger partial charge is 0.385 e. The van der Waals surface area contributed by atoms with Crippen LogP contribution in [0.15, 0.2) is 30.9 Å². The number of hydrogen-bond acceptors (Lipinski definition) is 3. The van der Waals surface area contributed by atoms with Gasteiger partial charge in [-0.25, -0.2) is 0 Å². The van der Waals surface area contributed by atoms with Gasteiger partial charge in [0.05, 0.1) is 12.2 Å². The first-order valence-corrected chi connectivity index (χ1v) is 7.01. The van der Waals surface area contributed by atoms with E-state index in [-0.39, 0.29) is 0 Å². The number of aliphatic hydroxyl groups is 1. The van der Waals surface area contributed by atoms with Crippen LogP contribution in [0.3, 0.4) is 0 Å². The lowest BCUT2D eigenvalue weighted by Gasteiger charge is -2.30. The predicted octanol–water partition coefficient (Wildman–Crippen LogP) is 2.69. The van der Waals surface area contributed by atoms with Crippen LogP contribution < -0.4 is 0 Å². The summed E-state index contributed by atoms with van der Waals surface area (Å²) in [6, 6.07) is 6.47. The Balaban J connectivity index is 2.83. The van der Waals surface area contributed by atoms with Crippen molar-refractivity contribution < 1.29 is 9.84 Å². The van der Waals surface area contributed by atoms with E-state index in [9.17, 15) is 5.11 Å². The van der Waals surface area contributed by atoms with E-state index < -0.39 is 5.60 Å². The summed E-state index contributed by atoms with van der Waals surface area (Å²) in [6.07, 6.45) is 1.59. The third-order valence-electron chi connectivity index (χ3n) is 3.49. The molecule has 1 unspecified atom stereocenters. The Bertz CT molecular complexity index is 441. The molecule has 3 nitrogen and oxygen atoms in total. The average molecular weight is 277 g/mol. The van der Waals surface area contributed by atoms with Crippen molar-refractivity contribution >= 4 is 0 Å². The second-order valence-electron chi connectivity index (χ2n) is 5.69. The summed E-state index contributed by atoms with van der Waals surface area (Å²) < 4.78 is 5.16. The van der Waals surface area contributed by atoms with Crippen LogP contribution in [-0.2, 0) is 11.3 Å². The molecular weight excluding hydrogens is 250 g/mol. The Morgan fingerprint density at radius 3 is 2.70 bits per heavy atom. The zero-order valence-corrected chi connectivity index (χ0v) is 13.1. The number of aryl methyl sites for hydroxylation is 2. The smallest absolute Gasteiger partial charge is 0.0923 e. The molecule has 0 aromatic heterocycles. The van der Waals surface area contributed by atoms with Gasteiger partial charge in [0.1, 0.15) is 0 Å². The second kappa shape index (κ2) is 7.58. The van der Waals surface area contributed by atoms with Crippen molar-refractivity contribution in [3.63, 3.8) is 0 Å². The topological polar surface area (TPSA) is 32.7 Å². The molecule has 112 valence electrons. The molecular formula is C17H27NO2. The standard InChI is InChI=1S/C17H27NO2/c1-6-17(4,19)13-18(9-10-20-5)12-16-11-14(2)7-8-15(16)3/h6-8,11,19H,1,9-10,12-13H2,2-5H3. The van der Waals surface area contributed by atoms with E-state index in [4.69, 9.17) is 4.74 Å². The minimum atomic E-state index is -0.883. The Labute approximate surface area is 122 Å². The SMILES string of the molecule is C=CC(C)(O)CN(CCOC)Cc1cc(C)ccc1C. The van der Waals surface area contributed by atoms with Crippen LogP contribution in [-0.4, -0.2) is 42.4 Å². The van der Waals surface area contributed by atoms with Crippen molar-refractivity contribution in [1.29, 1.82) is 0 Å². The van der Waals surface area contributed by atoms with Crippen LogP contribution >= 0.6 is 0 Å². The van der Waals surface area contributed by atoms with E-state index in [1.807, 2.05) is 0 Å². The molecule has 1 aromatic carbocycles. The fraction of sp³-hybridized carbons (Fsp3) is 0.529. The number of ether oxygens (including phenoxy) is 1. The molecule has 1 rings (SSSR count). The molecule has 0 spiro atoms. The Hall–Kier alpha value is -1.16. The molecule has 0 aliphatic carbocycles. The molecule has 1 N–H and O–H groups in total. The third kappa shape index (κ3) is 5.45. The first-order valence-electron chi connectivity index (χ1n) is 7.01. The lowest BCUT2D eigenvalue weighted by atomic mass is 10.0. The van der Waals surface area contributed by atoms with Gasteiger partial charge in [-0.3, -0.25) is 4.90 Å². The minimum absolute atomic E-state index is 0.549. The zero-order chi connectivity index (χ0) is 15.2. The summed E-state index contributed by atoms with van der Waals surface area (Å²) in [7, 11) is 1.70. The number of hydrogen-bond donors (Lipinski definition) is 1. The normalized spacial score (nSPS) is 14.3. The average Bonchev–Trinajstić information content (AvgIpc) is 2.40. The third-order valence-corrected chi connectivity index (χ3v) is 3.49. The summed E-state index contributed by atoms with van der Waals surface area (Å²) in [5.74, 6) is 0. The summed E-state index contributed by atoms with van der Waals surface area (Å²) in [5, 5.41) is 10.2. The molecule has 3 heteroatoms. The lowest BCUT2D eigenvalue weighted by molar-refractivity contribution is 0.0465. The predicted molar refractivity (Wildman–Crippen MR) is 83.9 cm³/mol. The van der Waals surface area contributed by atoms with E-state index >= 15 is 0 Å². The summed E-state index contributed by atoms with van der Waals surface area (Å²) in [5.41, 5.74) is 2.94. The molecule has 20 heavy (non-hydrogen) atoms. The molecule has 0 saturated carbocycles. The lowest BCUT2D eigenvalue weighted by Crippen LogP contribution is -2.40. The summed E-state index contributed by atoms with van der Waals surface area (Å²) in [6.45, 7) is 12.5. The van der Waals surface area contributed by atoms with Crippen LogP contribution in [0.25, 0.3) is 0 Å². The maximum atomic E-state index is 10.2. The van der Waals surface area contributed by atoms with Gasteiger partial charge in [0.25, 0.3) is 0 Å². The number of methoxy groups -OCH3 is 1. The summed E-state index contributed by atoms with van der Waals surface area (Å²) >= 11 is 0. The summed E-state index contributed by atoms with van der Waals surface area (Å²) in [4.78, 5) is 2.20. The van der Waals surface area contributed by atoms with E-state index in [0.29, 0.717) is 13.2 Å². The van der Waals surface area contributed by atoms with Gasteiger partial charge < -0.3 is 9.84 Å². The van der Waals surface area contributed by atoms with Crippen molar-refractivity contribution in [3.8, 4) is 0 Å². The minimum Gasteiger partial charge on any atom is -0.385 e. The Morgan fingerprint density at radius 2 is 2.10 bits per heavy atom. The van der Waals surface area contributed by atoms with Gasteiger partial charge in [-0.15, -0.1) is 6.58 Å². The fourth-order valence-corrected chi connectivity index (χ4v) is 2.16. The molecule has 0 aliphatic rings. The van der Waals surface area contributed by atoms with Crippen LogP contribution in [0.2, 0.25) is 0 Å². The fourth-order valence-electron chi connectivity index (χ4n) is 2.16. The van der Waals surface area contributed by atoms with Crippen molar-refractivity contribution in [2.24, 2.45) is 0 Å². The maximum Gasteiger partial charge on any atom is 0.0923 e. The molecule has 1 aromatic rings. The van der Waals surface area contributed by atoms with Crippen LogP contribution in [0.4, 0.5) is 0 Å². The van der Waals surface area contributed by atoms with Gasteiger partial charge in [-0.05, 0) is 31.9 Å². The van der Waals surface area contributed by atoms with Gasteiger partial charge in [-0.2, -0.15) is 0 Å². The highest BCUT2D eigenvalue weighted by Crippen LogP contribution is 2.16. The maximum absolute atomic E-state index is 10.2. The van der Waals surface area contributed by atoms with Gasteiger partial charge >= 0.3 is 0 Å². The van der Waals surface area contributed by atoms with E-state index in [1.165, 1.54) is 16.7 Å². The molecule has 0 heterocycles. The molecule has 0 amide bonds. The van der Waals surface area contributed by atoms with E-state index in [0.717, 1.165) is 13.1 Å². The number of rotatable bonds is 8. The van der Waals surface area contributed by atoms with Gasteiger partial charge in [-0.1, -0.05) is 29.8 Å². The van der Waals surface area contributed by atoms with Gasteiger partial charge in [0.2, 0.25) is 0 Å². The van der Waals surface area contributed by atoms with Crippen LogP contribution in [0, 0.1) is 13.8 Å².